The topological polar surface area (TPSA) is 57.6 Å². The van der Waals surface area contributed by atoms with Gasteiger partial charge in [-0.2, -0.15) is 0 Å². The molecule has 1 aromatic heterocycles. The third-order valence-electron chi connectivity index (χ3n) is 3.36. The van der Waals surface area contributed by atoms with Crippen LogP contribution in [0.1, 0.15) is 28.9 Å². The number of hydrogen-bond donors (Lipinski definition) is 1. The SMILES string of the molecule is O=C(CCN1CCCC(C(=O)O)C1)c1ccc(Cl)s1. The van der Waals surface area contributed by atoms with E-state index in [2.05, 4.69) is 4.90 Å². The summed E-state index contributed by atoms with van der Waals surface area (Å²) in [6.45, 7) is 2.05. The van der Waals surface area contributed by atoms with E-state index >= 15 is 0 Å². The van der Waals surface area contributed by atoms with Gasteiger partial charge in [0.1, 0.15) is 0 Å². The third-order valence-corrected chi connectivity index (χ3v) is 4.63. The Kier molecular flexibility index (Phi) is 4.96. The number of carboxylic acids is 1. The normalized spacial score (nSPS) is 20.4. The molecule has 1 aromatic rings. The average Bonchev–Trinajstić information content (AvgIpc) is 2.83. The van der Waals surface area contributed by atoms with E-state index < -0.39 is 5.97 Å². The minimum absolute atomic E-state index is 0.0781. The molecular weight excluding hydrogens is 286 g/mol. The third kappa shape index (κ3) is 4.03. The maximum Gasteiger partial charge on any atom is 0.307 e. The van der Waals surface area contributed by atoms with Crippen molar-refractivity contribution < 1.29 is 14.7 Å². The molecule has 1 aliphatic heterocycles. The predicted octanol–water partition coefficient (Wildman–Crippen LogP) is 2.77. The highest BCUT2D eigenvalue weighted by Crippen LogP contribution is 2.23. The Hall–Kier alpha value is -0.910. The first-order valence-electron chi connectivity index (χ1n) is 6.30. The maximum absolute atomic E-state index is 11.9. The van der Waals surface area contributed by atoms with Crippen LogP contribution in [0.15, 0.2) is 12.1 Å². The summed E-state index contributed by atoms with van der Waals surface area (Å²) in [6.07, 6.45) is 2.04. The lowest BCUT2D eigenvalue weighted by Gasteiger charge is -2.30. The molecule has 1 fully saturated rings. The number of hydrogen-bond acceptors (Lipinski definition) is 4. The van der Waals surface area contributed by atoms with Gasteiger partial charge in [0.2, 0.25) is 0 Å². The Labute approximate surface area is 121 Å². The molecule has 1 N–H and O–H groups in total. The quantitative estimate of drug-likeness (QED) is 0.850. The molecule has 1 aliphatic rings. The molecule has 0 aromatic carbocycles. The van der Waals surface area contributed by atoms with Gasteiger partial charge in [0, 0.05) is 19.5 Å². The summed E-state index contributed by atoms with van der Waals surface area (Å²) in [5.41, 5.74) is 0. The standard InChI is InChI=1S/C13H16ClNO3S/c14-12-4-3-11(19-12)10(16)5-7-15-6-1-2-9(8-15)13(17)18/h3-4,9H,1-2,5-8H2,(H,17,18). The van der Waals surface area contributed by atoms with Gasteiger partial charge < -0.3 is 10.0 Å². The van der Waals surface area contributed by atoms with Crippen LogP contribution in [-0.4, -0.2) is 41.4 Å². The Balaban J connectivity index is 1.82. The number of piperidine rings is 1. The second-order valence-corrected chi connectivity index (χ2v) is 6.47. The molecule has 19 heavy (non-hydrogen) atoms. The predicted molar refractivity (Wildman–Crippen MR) is 75.1 cm³/mol. The summed E-state index contributed by atoms with van der Waals surface area (Å²) >= 11 is 7.09. The van der Waals surface area contributed by atoms with Gasteiger partial charge in [0.05, 0.1) is 15.1 Å². The lowest BCUT2D eigenvalue weighted by Crippen LogP contribution is -2.39. The van der Waals surface area contributed by atoms with Crippen LogP contribution in [0.5, 0.6) is 0 Å². The van der Waals surface area contributed by atoms with E-state index in [0.717, 1.165) is 19.4 Å². The van der Waals surface area contributed by atoms with Crippen molar-refractivity contribution in [2.24, 2.45) is 5.92 Å². The summed E-state index contributed by atoms with van der Waals surface area (Å²) in [6, 6.07) is 3.46. The molecule has 0 bridgehead atoms. The van der Waals surface area contributed by atoms with Crippen LogP contribution in [0.25, 0.3) is 0 Å². The molecule has 4 nitrogen and oxygen atoms in total. The smallest absolute Gasteiger partial charge is 0.307 e. The van der Waals surface area contributed by atoms with Gasteiger partial charge in [0.15, 0.2) is 5.78 Å². The first-order valence-corrected chi connectivity index (χ1v) is 7.49. The fourth-order valence-corrected chi connectivity index (χ4v) is 3.32. The number of halogens is 1. The number of carboxylic acid groups (broad SMARTS) is 1. The number of ketones is 1. The van der Waals surface area contributed by atoms with Gasteiger partial charge >= 0.3 is 5.97 Å². The number of rotatable bonds is 5. The van der Waals surface area contributed by atoms with Gasteiger partial charge in [-0.3, -0.25) is 9.59 Å². The van der Waals surface area contributed by atoms with E-state index in [9.17, 15) is 9.59 Å². The average molecular weight is 302 g/mol. The summed E-state index contributed by atoms with van der Waals surface area (Å²) in [4.78, 5) is 25.6. The Morgan fingerprint density at radius 2 is 2.26 bits per heavy atom. The molecule has 1 saturated heterocycles. The highest BCUT2D eigenvalue weighted by Gasteiger charge is 2.25. The number of Topliss-reactive ketones (excluding diaryl/α,β-unsaturated/α-hetero) is 1. The molecule has 1 unspecified atom stereocenters. The number of carbonyl (C=O) groups is 2. The van der Waals surface area contributed by atoms with E-state index in [1.54, 1.807) is 12.1 Å². The molecule has 2 heterocycles. The first-order chi connectivity index (χ1) is 9.06. The number of nitrogens with zero attached hydrogens (tertiary/aromatic N) is 1. The second kappa shape index (κ2) is 6.50. The van der Waals surface area contributed by atoms with Gasteiger partial charge in [0.25, 0.3) is 0 Å². The van der Waals surface area contributed by atoms with Crippen molar-refractivity contribution in [3.05, 3.63) is 21.3 Å². The summed E-state index contributed by atoms with van der Waals surface area (Å²) in [5, 5.41) is 9.01. The molecule has 0 saturated carbocycles. The Morgan fingerprint density at radius 3 is 2.89 bits per heavy atom. The molecule has 0 amide bonds. The molecule has 6 heteroatoms. The van der Waals surface area contributed by atoms with Gasteiger partial charge in [-0.1, -0.05) is 11.6 Å². The van der Waals surface area contributed by atoms with E-state index in [-0.39, 0.29) is 11.7 Å². The second-order valence-electron chi connectivity index (χ2n) is 4.75. The largest absolute Gasteiger partial charge is 0.481 e. The summed E-state index contributed by atoms with van der Waals surface area (Å²) < 4.78 is 0.618. The number of likely N-dealkylation sites (tertiary alicyclic amines) is 1. The summed E-state index contributed by atoms with van der Waals surface area (Å²) in [5.74, 6) is -0.949. The van der Waals surface area contributed by atoms with E-state index in [4.69, 9.17) is 16.7 Å². The lowest BCUT2D eigenvalue weighted by molar-refractivity contribution is -0.143. The van der Waals surface area contributed by atoms with Crippen molar-refractivity contribution >= 4 is 34.7 Å². The van der Waals surface area contributed by atoms with E-state index in [0.29, 0.717) is 28.7 Å². The van der Waals surface area contributed by atoms with E-state index in [1.807, 2.05) is 0 Å². The minimum Gasteiger partial charge on any atom is -0.481 e. The number of aliphatic carboxylic acids is 1. The highest BCUT2D eigenvalue weighted by atomic mass is 35.5. The Morgan fingerprint density at radius 1 is 1.47 bits per heavy atom. The van der Waals surface area contributed by atoms with Crippen LogP contribution in [0.4, 0.5) is 0 Å². The van der Waals surface area contributed by atoms with Gasteiger partial charge in [-0.25, -0.2) is 0 Å². The zero-order chi connectivity index (χ0) is 13.8. The van der Waals surface area contributed by atoms with Crippen LogP contribution in [-0.2, 0) is 4.79 Å². The molecule has 104 valence electrons. The molecular formula is C13H16ClNO3S. The van der Waals surface area contributed by atoms with Crippen molar-refractivity contribution in [2.45, 2.75) is 19.3 Å². The maximum atomic E-state index is 11.9. The Bertz CT molecular complexity index is 474. The fraction of sp³-hybridized carbons (Fsp3) is 0.538. The first kappa shape index (κ1) is 14.5. The van der Waals surface area contributed by atoms with Crippen molar-refractivity contribution in [2.75, 3.05) is 19.6 Å². The molecule has 0 radical (unpaired) electrons. The van der Waals surface area contributed by atoms with Crippen LogP contribution < -0.4 is 0 Å². The summed E-state index contributed by atoms with van der Waals surface area (Å²) in [7, 11) is 0. The zero-order valence-electron chi connectivity index (χ0n) is 10.5. The van der Waals surface area contributed by atoms with Crippen molar-refractivity contribution in [3.63, 3.8) is 0 Å². The van der Waals surface area contributed by atoms with Crippen molar-refractivity contribution in [3.8, 4) is 0 Å². The van der Waals surface area contributed by atoms with Crippen LogP contribution in [0.3, 0.4) is 0 Å². The van der Waals surface area contributed by atoms with E-state index in [1.165, 1.54) is 11.3 Å². The van der Waals surface area contributed by atoms with Gasteiger partial charge in [-0.15, -0.1) is 11.3 Å². The van der Waals surface area contributed by atoms with Gasteiger partial charge in [-0.05, 0) is 31.5 Å². The number of carbonyl (C=O) groups excluding carboxylic acids is 1. The van der Waals surface area contributed by atoms with Crippen LogP contribution in [0.2, 0.25) is 4.34 Å². The lowest BCUT2D eigenvalue weighted by atomic mass is 9.98. The number of thiophene rings is 1. The van der Waals surface area contributed by atoms with Crippen LogP contribution >= 0.6 is 22.9 Å². The van der Waals surface area contributed by atoms with Crippen LogP contribution in [0, 0.1) is 5.92 Å². The highest BCUT2D eigenvalue weighted by molar-refractivity contribution is 7.18. The zero-order valence-corrected chi connectivity index (χ0v) is 12.0. The molecule has 2 rings (SSSR count). The molecule has 0 spiro atoms. The minimum atomic E-state index is -0.735. The molecule has 1 atom stereocenters. The monoisotopic (exact) mass is 301 g/mol. The molecule has 0 aliphatic carbocycles. The van der Waals surface area contributed by atoms with Crippen molar-refractivity contribution in [1.29, 1.82) is 0 Å². The fourth-order valence-electron chi connectivity index (χ4n) is 2.31. The van der Waals surface area contributed by atoms with Crippen molar-refractivity contribution in [1.82, 2.24) is 4.90 Å².